The number of esters is 3. The Kier molecular flexibility index (Phi) is 63.3. The molecular weight excluding hydrogens is 973 g/mol. The molecule has 0 fully saturated rings. The molecule has 6 heteroatoms. The van der Waals surface area contributed by atoms with Crippen molar-refractivity contribution in [2.24, 2.45) is 0 Å². The maximum Gasteiger partial charge on any atom is 0.306 e. The van der Waals surface area contributed by atoms with Crippen molar-refractivity contribution in [2.75, 3.05) is 13.2 Å². The molecule has 1 atom stereocenters. The zero-order chi connectivity index (χ0) is 57.1. The van der Waals surface area contributed by atoms with Gasteiger partial charge in [-0.15, -0.1) is 0 Å². The van der Waals surface area contributed by atoms with Crippen molar-refractivity contribution < 1.29 is 28.6 Å². The molecule has 0 N–H and O–H groups in total. The minimum absolute atomic E-state index is 0.0969. The van der Waals surface area contributed by atoms with Crippen LogP contribution < -0.4 is 0 Å². The standard InChI is InChI=1S/C73H124O6/c1-4-7-10-13-16-19-22-25-27-29-30-31-32-33-34-35-36-37-38-39-40-41-42-44-45-48-51-54-57-60-63-66-72(75)78-69-70(68-77-71(74)65-62-59-56-53-50-47-24-21-18-15-12-9-6-3)79-73(76)67-64-61-58-55-52-49-46-43-28-26-23-20-17-14-11-8-5-2/h7-8,10-11,16-17,19-20,25-28,30-31,46,49,55,58,70H,4-6,9,12-15,18,21-24,29,32-45,47-48,50-54,56-57,59-69H2,1-3H3/b10-7-,11-8-,19-16-,20-17-,27-25-,28-26-,31-30-,49-46-,58-55-. The van der Waals surface area contributed by atoms with Gasteiger partial charge in [0.15, 0.2) is 6.10 Å². The summed E-state index contributed by atoms with van der Waals surface area (Å²) in [5.74, 6) is -0.944. The normalized spacial score (nSPS) is 12.8. The lowest BCUT2D eigenvalue weighted by Crippen LogP contribution is -2.30. The fourth-order valence-corrected chi connectivity index (χ4v) is 9.35. The molecule has 0 spiro atoms. The molecule has 0 aromatic carbocycles. The Hall–Kier alpha value is -3.93. The number of hydrogen-bond acceptors (Lipinski definition) is 6. The molecule has 0 saturated carbocycles. The van der Waals surface area contributed by atoms with Crippen molar-refractivity contribution in [3.63, 3.8) is 0 Å². The number of rotatable bonds is 60. The smallest absolute Gasteiger partial charge is 0.306 e. The highest BCUT2D eigenvalue weighted by Crippen LogP contribution is 2.17. The van der Waals surface area contributed by atoms with Gasteiger partial charge in [-0.1, -0.05) is 310 Å². The van der Waals surface area contributed by atoms with E-state index in [1.165, 1.54) is 167 Å². The monoisotopic (exact) mass is 1100 g/mol. The molecule has 79 heavy (non-hydrogen) atoms. The molecule has 0 radical (unpaired) electrons. The van der Waals surface area contributed by atoms with E-state index < -0.39 is 6.10 Å². The van der Waals surface area contributed by atoms with Crippen molar-refractivity contribution in [3.05, 3.63) is 109 Å². The van der Waals surface area contributed by atoms with Gasteiger partial charge in [0.05, 0.1) is 0 Å². The maximum atomic E-state index is 12.9. The first-order valence-corrected chi connectivity index (χ1v) is 33.4. The summed E-state index contributed by atoms with van der Waals surface area (Å²) in [6.45, 7) is 6.39. The van der Waals surface area contributed by atoms with E-state index in [-0.39, 0.29) is 37.5 Å². The number of ether oxygens (including phenoxy) is 3. The van der Waals surface area contributed by atoms with E-state index in [2.05, 4.69) is 130 Å². The van der Waals surface area contributed by atoms with Crippen molar-refractivity contribution in [1.82, 2.24) is 0 Å². The van der Waals surface area contributed by atoms with E-state index in [0.717, 1.165) is 103 Å². The van der Waals surface area contributed by atoms with E-state index in [9.17, 15) is 14.4 Å². The molecule has 0 aromatic rings. The van der Waals surface area contributed by atoms with E-state index in [4.69, 9.17) is 14.2 Å². The number of allylic oxidation sites excluding steroid dienone is 18. The third-order valence-corrected chi connectivity index (χ3v) is 14.3. The summed E-state index contributed by atoms with van der Waals surface area (Å²) in [7, 11) is 0. The summed E-state index contributed by atoms with van der Waals surface area (Å²) in [6, 6.07) is 0. The summed E-state index contributed by atoms with van der Waals surface area (Å²) in [5, 5.41) is 0. The highest BCUT2D eigenvalue weighted by molar-refractivity contribution is 5.71. The SMILES string of the molecule is CC/C=C\C/C=C\C/C=C\C/C=C\C/C=C\CCCC(=O)OC(COC(=O)CCCCCCCCCCCCCCC)COC(=O)CCCCCCCCCCCCCCCCCCCC/C=C\C/C=C\C/C=C\C/C=C\CC. The van der Waals surface area contributed by atoms with Gasteiger partial charge in [-0.05, 0) is 96.3 Å². The summed E-state index contributed by atoms with van der Waals surface area (Å²) in [4.78, 5) is 38.3. The van der Waals surface area contributed by atoms with Crippen molar-refractivity contribution in [3.8, 4) is 0 Å². The molecular formula is C73H124O6. The van der Waals surface area contributed by atoms with Gasteiger partial charge in [0.1, 0.15) is 13.2 Å². The summed E-state index contributed by atoms with van der Waals surface area (Å²) in [5.41, 5.74) is 0. The molecule has 452 valence electrons. The second-order valence-corrected chi connectivity index (χ2v) is 22.0. The van der Waals surface area contributed by atoms with Gasteiger partial charge < -0.3 is 14.2 Å². The van der Waals surface area contributed by atoms with Crippen LogP contribution in [0.2, 0.25) is 0 Å². The van der Waals surface area contributed by atoms with Crippen LogP contribution in [-0.2, 0) is 28.6 Å². The molecule has 0 amide bonds. The Balaban J connectivity index is 4.24. The van der Waals surface area contributed by atoms with Gasteiger partial charge in [-0.2, -0.15) is 0 Å². The van der Waals surface area contributed by atoms with Gasteiger partial charge in [-0.3, -0.25) is 14.4 Å². The molecule has 0 aliphatic heterocycles. The molecule has 0 aromatic heterocycles. The lowest BCUT2D eigenvalue weighted by Gasteiger charge is -2.18. The molecule has 0 aliphatic carbocycles. The number of carbonyl (C=O) groups excluding carboxylic acids is 3. The highest BCUT2D eigenvalue weighted by Gasteiger charge is 2.19. The number of hydrogen-bond donors (Lipinski definition) is 0. The Morgan fingerprint density at radius 1 is 0.266 bits per heavy atom. The van der Waals surface area contributed by atoms with Crippen LogP contribution in [0.3, 0.4) is 0 Å². The molecule has 0 bridgehead atoms. The Morgan fingerprint density at radius 3 is 0.810 bits per heavy atom. The van der Waals surface area contributed by atoms with Crippen LogP contribution in [0.1, 0.15) is 316 Å². The third kappa shape index (κ3) is 64.8. The zero-order valence-corrected chi connectivity index (χ0v) is 51.9. The predicted octanol–water partition coefficient (Wildman–Crippen LogP) is 23.0. The predicted molar refractivity (Wildman–Crippen MR) is 343 cm³/mol. The first kappa shape index (κ1) is 75.1. The van der Waals surface area contributed by atoms with Crippen molar-refractivity contribution >= 4 is 17.9 Å². The van der Waals surface area contributed by atoms with E-state index in [1.54, 1.807) is 0 Å². The van der Waals surface area contributed by atoms with Crippen molar-refractivity contribution in [1.29, 1.82) is 0 Å². The van der Waals surface area contributed by atoms with Crippen LogP contribution in [0.5, 0.6) is 0 Å². The zero-order valence-electron chi connectivity index (χ0n) is 51.9. The molecule has 0 rings (SSSR count). The first-order chi connectivity index (χ1) is 39.0. The van der Waals surface area contributed by atoms with Gasteiger partial charge >= 0.3 is 17.9 Å². The third-order valence-electron chi connectivity index (χ3n) is 14.3. The van der Waals surface area contributed by atoms with Gasteiger partial charge in [0.25, 0.3) is 0 Å². The van der Waals surface area contributed by atoms with E-state index in [0.29, 0.717) is 19.3 Å². The first-order valence-electron chi connectivity index (χ1n) is 33.4. The fraction of sp³-hybridized carbons (Fsp3) is 0.712. The summed E-state index contributed by atoms with van der Waals surface area (Å²) >= 11 is 0. The fourth-order valence-electron chi connectivity index (χ4n) is 9.35. The van der Waals surface area contributed by atoms with E-state index >= 15 is 0 Å². The average Bonchev–Trinajstić information content (AvgIpc) is 3.45. The Morgan fingerprint density at radius 2 is 0.506 bits per heavy atom. The Labute approximate surface area is 489 Å². The minimum Gasteiger partial charge on any atom is -0.462 e. The van der Waals surface area contributed by atoms with Gasteiger partial charge in [-0.25, -0.2) is 0 Å². The summed E-state index contributed by atoms with van der Waals surface area (Å²) < 4.78 is 16.9. The lowest BCUT2D eigenvalue weighted by atomic mass is 10.0. The van der Waals surface area contributed by atoms with Crippen LogP contribution in [0, 0.1) is 0 Å². The average molecular weight is 1100 g/mol. The number of unbranched alkanes of at least 4 members (excludes halogenated alkanes) is 31. The second-order valence-electron chi connectivity index (χ2n) is 22.0. The van der Waals surface area contributed by atoms with Crippen LogP contribution in [0.15, 0.2) is 109 Å². The van der Waals surface area contributed by atoms with Gasteiger partial charge in [0, 0.05) is 19.3 Å². The number of carbonyl (C=O) groups is 3. The Bertz CT molecular complexity index is 1590. The molecule has 0 heterocycles. The largest absolute Gasteiger partial charge is 0.462 e. The topological polar surface area (TPSA) is 78.9 Å². The lowest BCUT2D eigenvalue weighted by molar-refractivity contribution is -0.167. The van der Waals surface area contributed by atoms with Crippen molar-refractivity contribution in [2.45, 2.75) is 322 Å². The molecule has 0 saturated heterocycles. The molecule has 0 aliphatic rings. The quantitative estimate of drug-likeness (QED) is 0.0261. The van der Waals surface area contributed by atoms with E-state index in [1.807, 2.05) is 0 Å². The molecule has 6 nitrogen and oxygen atoms in total. The maximum absolute atomic E-state index is 12.9. The minimum atomic E-state index is -0.806. The van der Waals surface area contributed by atoms with Gasteiger partial charge in [0.2, 0.25) is 0 Å². The second kappa shape index (κ2) is 66.6. The highest BCUT2D eigenvalue weighted by atomic mass is 16.6. The van der Waals surface area contributed by atoms with Crippen LogP contribution in [0.4, 0.5) is 0 Å². The summed E-state index contributed by atoms with van der Waals surface area (Å²) in [6.07, 6.45) is 91.2. The van der Waals surface area contributed by atoms with Crippen LogP contribution in [-0.4, -0.2) is 37.2 Å². The van der Waals surface area contributed by atoms with Crippen LogP contribution >= 0.6 is 0 Å². The van der Waals surface area contributed by atoms with Crippen LogP contribution in [0.25, 0.3) is 0 Å². The molecule has 1 unspecified atom stereocenters.